The van der Waals surface area contributed by atoms with Crippen LogP contribution in [0.1, 0.15) is 11.1 Å². The number of hydrogen-bond donors (Lipinski definition) is 1. The van der Waals surface area contributed by atoms with Crippen LogP contribution in [0.15, 0.2) is 65.2 Å². The van der Waals surface area contributed by atoms with Crippen LogP contribution < -0.4 is 10.3 Å². The number of thioether (sulfide) groups is 1. The second-order valence-corrected chi connectivity index (χ2v) is 9.52. The number of carbonyl (C=O) groups is 2. The van der Waals surface area contributed by atoms with E-state index in [1.54, 1.807) is 0 Å². The van der Waals surface area contributed by atoms with Crippen molar-refractivity contribution in [3.05, 3.63) is 76.3 Å². The molecule has 0 radical (unpaired) electrons. The Labute approximate surface area is 198 Å². The number of nitriles is 1. The Morgan fingerprint density at radius 2 is 1.76 bits per heavy atom. The molecule has 7 nitrogen and oxygen atoms in total. The molecule has 0 aromatic heterocycles. The van der Waals surface area contributed by atoms with Gasteiger partial charge in [0.2, 0.25) is 5.91 Å². The van der Waals surface area contributed by atoms with Crippen molar-refractivity contribution >= 4 is 29.3 Å². The smallest absolute Gasteiger partial charge is 0.278 e. The third kappa shape index (κ3) is 5.28. The summed E-state index contributed by atoms with van der Waals surface area (Å²) in [5.41, 5.74) is 5.67. The van der Waals surface area contributed by atoms with Gasteiger partial charge in [-0.1, -0.05) is 59.8 Å². The number of anilines is 1. The lowest BCUT2D eigenvalue weighted by Gasteiger charge is -2.32. The minimum atomic E-state index is -0.478. The third-order valence-corrected chi connectivity index (χ3v) is 7.09. The number of hydrazine groups is 1. The molecular weight excluding hydrogens is 434 g/mol. The van der Waals surface area contributed by atoms with Gasteiger partial charge in [0.25, 0.3) is 5.91 Å². The molecule has 1 unspecified atom stereocenters. The fourth-order valence-electron chi connectivity index (χ4n) is 3.85. The molecule has 2 aliphatic rings. The van der Waals surface area contributed by atoms with Crippen LogP contribution >= 0.6 is 11.8 Å². The summed E-state index contributed by atoms with van der Waals surface area (Å²) in [5.74, 6) is -0.601. The summed E-state index contributed by atoms with van der Waals surface area (Å²) in [7, 11) is 2.04. The zero-order chi connectivity index (χ0) is 23.4. The number of rotatable bonds is 5. The van der Waals surface area contributed by atoms with Gasteiger partial charge in [0.15, 0.2) is 0 Å². The maximum Gasteiger partial charge on any atom is 0.278 e. The van der Waals surface area contributed by atoms with Crippen LogP contribution in [0.5, 0.6) is 0 Å². The fraction of sp³-hybridized carbons (Fsp3) is 0.320. The SMILES string of the molecule is Cc1ccc(CC2S/C(=C(\C#N)C(=O)NN3CCN(C)CC3)N(c3ccccc3)C2=O)cc1. The second-order valence-electron chi connectivity index (χ2n) is 8.33. The van der Waals surface area contributed by atoms with E-state index in [0.717, 1.165) is 24.2 Å². The van der Waals surface area contributed by atoms with Gasteiger partial charge < -0.3 is 4.90 Å². The van der Waals surface area contributed by atoms with Crippen molar-refractivity contribution in [1.82, 2.24) is 15.3 Å². The number of carbonyl (C=O) groups excluding carboxylic acids is 2. The number of para-hydroxylation sites is 1. The minimum Gasteiger partial charge on any atom is -0.304 e. The van der Waals surface area contributed by atoms with Gasteiger partial charge in [0, 0.05) is 31.9 Å². The minimum absolute atomic E-state index is 0.0393. The van der Waals surface area contributed by atoms with E-state index in [0.29, 0.717) is 30.2 Å². The van der Waals surface area contributed by atoms with Gasteiger partial charge in [0.1, 0.15) is 16.7 Å². The fourth-order valence-corrected chi connectivity index (χ4v) is 5.16. The molecule has 170 valence electrons. The van der Waals surface area contributed by atoms with Crippen LogP contribution in [0.25, 0.3) is 0 Å². The van der Waals surface area contributed by atoms with Crippen LogP contribution in [0.3, 0.4) is 0 Å². The number of nitrogens with zero attached hydrogens (tertiary/aromatic N) is 4. The first-order chi connectivity index (χ1) is 16.0. The quantitative estimate of drug-likeness (QED) is 0.545. The molecule has 2 aromatic rings. The predicted molar refractivity (Wildman–Crippen MR) is 130 cm³/mol. The number of nitrogens with one attached hydrogen (secondary N) is 1. The Bertz CT molecular complexity index is 1090. The normalized spacial score (nSPS) is 21.1. The second kappa shape index (κ2) is 10.2. The number of piperazine rings is 1. The molecule has 0 saturated carbocycles. The van der Waals surface area contributed by atoms with Gasteiger partial charge in [-0.2, -0.15) is 5.26 Å². The Hall–Kier alpha value is -3.12. The highest BCUT2D eigenvalue weighted by Crippen LogP contribution is 2.41. The summed E-state index contributed by atoms with van der Waals surface area (Å²) < 4.78 is 0. The molecule has 1 N–H and O–H groups in total. The standard InChI is InChI=1S/C25H27N5O2S/c1-18-8-10-19(11-9-18)16-22-24(32)30(20-6-4-3-5-7-20)25(33-22)21(17-26)23(31)27-29-14-12-28(2)13-15-29/h3-11,22H,12-16H2,1-2H3,(H,27,31)/b25-21+. The first kappa shape index (κ1) is 23.1. The molecule has 2 fully saturated rings. The van der Waals surface area contributed by atoms with E-state index in [9.17, 15) is 14.9 Å². The van der Waals surface area contributed by atoms with Crippen molar-refractivity contribution < 1.29 is 9.59 Å². The summed E-state index contributed by atoms with van der Waals surface area (Å²) >= 11 is 1.29. The Kier molecular flexibility index (Phi) is 7.14. The van der Waals surface area contributed by atoms with Gasteiger partial charge in [-0.15, -0.1) is 0 Å². The number of likely N-dealkylation sites (N-methyl/N-ethyl adjacent to an activating group) is 1. The van der Waals surface area contributed by atoms with Crippen molar-refractivity contribution in [2.24, 2.45) is 0 Å². The van der Waals surface area contributed by atoms with E-state index in [1.807, 2.05) is 73.6 Å². The predicted octanol–water partition coefficient (Wildman–Crippen LogP) is 2.70. The molecule has 4 rings (SSSR count). The van der Waals surface area contributed by atoms with Crippen LogP contribution in [-0.4, -0.2) is 60.2 Å². The molecule has 33 heavy (non-hydrogen) atoms. The van der Waals surface area contributed by atoms with Gasteiger partial charge >= 0.3 is 0 Å². The van der Waals surface area contributed by atoms with Crippen molar-refractivity contribution in [2.75, 3.05) is 38.1 Å². The van der Waals surface area contributed by atoms with E-state index >= 15 is 0 Å². The molecule has 1 atom stereocenters. The maximum atomic E-state index is 13.5. The molecule has 2 aromatic carbocycles. The number of benzene rings is 2. The summed E-state index contributed by atoms with van der Waals surface area (Å²) in [4.78, 5) is 30.3. The van der Waals surface area contributed by atoms with Crippen LogP contribution in [0, 0.1) is 18.3 Å². The lowest BCUT2D eigenvalue weighted by atomic mass is 10.1. The van der Waals surface area contributed by atoms with E-state index in [4.69, 9.17) is 0 Å². The number of aryl methyl sites for hydroxylation is 1. The third-order valence-electron chi connectivity index (χ3n) is 5.82. The Balaban J connectivity index is 1.63. The lowest BCUT2D eigenvalue weighted by molar-refractivity contribution is -0.122. The number of hydrogen-bond acceptors (Lipinski definition) is 6. The average Bonchev–Trinajstić information content (AvgIpc) is 3.13. The lowest BCUT2D eigenvalue weighted by Crippen LogP contribution is -2.53. The highest BCUT2D eigenvalue weighted by molar-refractivity contribution is 8.05. The van der Waals surface area contributed by atoms with Crippen molar-refractivity contribution in [3.63, 3.8) is 0 Å². The highest BCUT2D eigenvalue weighted by Gasteiger charge is 2.41. The van der Waals surface area contributed by atoms with E-state index in [-0.39, 0.29) is 11.5 Å². The van der Waals surface area contributed by atoms with Crippen molar-refractivity contribution in [2.45, 2.75) is 18.6 Å². The highest BCUT2D eigenvalue weighted by atomic mass is 32.2. The van der Waals surface area contributed by atoms with Gasteiger partial charge in [-0.3, -0.25) is 19.9 Å². The number of amides is 2. The van der Waals surface area contributed by atoms with Gasteiger partial charge in [0.05, 0.1) is 5.25 Å². The van der Waals surface area contributed by atoms with Crippen molar-refractivity contribution in [1.29, 1.82) is 5.26 Å². The summed E-state index contributed by atoms with van der Waals surface area (Å²) in [6, 6.07) is 19.3. The monoisotopic (exact) mass is 461 g/mol. The van der Waals surface area contributed by atoms with Gasteiger partial charge in [-0.25, -0.2) is 5.01 Å². The Morgan fingerprint density at radius 3 is 2.39 bits per heavy atom. The summed E-state index contributed by atoms with van der Waals surface area (Å²) in [5, 5.41) is 11.7. The molecule has 0 bridgehead atoms. The zero-order valence-corrected chi connectivity index (χ0v) is 19.6. The molecular formula is C25H27N5O2S. The molecule has 8 heteroatoms. The van der Waals surface area contributed by atoms with E-state index in [1.165, 1.54) is 16.7 Å². The summed E-state index contributed by atoms with van der Waals surface area (Å²) in [6.45, 7) is 5.05. The van der Waals surface area contributed by atoms with Crippen LogP contribution in [0.4, 0.5) is 5.69 Å². The Morgan fingerprint density at radius 1 is 1.09 bits per heavy atom. The first-order valence-electron chi connectivity index (χ1n) is 11.0. The van der Waals surface area contributed by atoms with Crippen LogP contribution in [0.2, 0.25) is 0 Å². The van der Waals surface area contributed by atoms with Gasteiger partial charge in [-0.05, 0) is 38.1 Å². The van der Waals surface area contributed by atoms with E-state index < -0.39 is 11.2 Å². The molecule has 2 heterocycles. The molecule has 2 aliphatic heterocycles. The maximum absolute atomic E-state index is 13.5. The topological polar surface area (TPSA) is 79.7 Å². The van der Waals surface area contributed by atoms with E-state index in [2.05, 4.69) is 16.4 Å². The molecule has 2 amide bonds. The summed E-state index contributed by atoms with van der Waals surface area (Å²) in [6.07, 6.45) is 0.523. The largest absolute Gasteiger partial charge is 0.304 e. The van der Waals surface area contributed by atoms with Crippen LogP contribution in [-0.2, 0) is 16.0 Å². The molecule has 0 spiro atoms. The van der Waals surface area contributed by atoms with Crippen molar-refractivity contribution in [3.8, 4) is 6.07 Å². The molecule has 0 aliphatic carbocycles. The zero-order valence-electron chi connectivity index (χ0n) is 18.8. The molecule has 2 saturated heterocycles. The average molecular weight is 462 g/mol. The first-order valence-corrected chi connectivity index (χ1v) is 11.8.